The van der Waals surface area contributed by atoms with E-state index in [1.165, 1.54) is 6.20 Å². The van der Waals surface area contributed by atoms with Crippen LogP contribution in [0.25, 0.3) is 0 Å². The normalized spacial score (nSPS) is 10.1. The monoisotopic (exact) mass is 291 g/mol. The van der Waals surface area contributed by atoms with Crippen molar-refractivity contribution in [1.82, 2.24) is 9.97 Å². The summed E-state index contributed by atoms with van der Waals surface area (Å²) in [5.41, 5.74) is 0.960. The molecule has 0 spiro atoms. The fourth-order valence-corrected chi connectivity index (χ4v) is 1.80. The third-order valence-electron chi connectivity index (χ3n) is 2.60. The van der Waals surface area contributed by atoms with E-state index in [0.717, 1.165) is 5.56 Å². The molecule has 1 aromatic carbocycles. The number of nitrogens with one attached hydrogen (secondary N) is 1. The first kappa shape index (κ1) is 14.3. The fourth-order valence-electron chi connectivity index (χ4n) is 1.67. The van der Waals surface area contributed by atoms with Crippen LogP contribution in [0, 0.1) is 0 Å². The summed E-state index contributed by atoms with van der Waals surface area (Å²) in [6.07, 6.45) is 1.78. The highest BCUT2D eigenvalue weighted by Crippen LogP contribution is 2.21. The van der Waals surface area contributed by atoms with Crippen molar-refractivity contribution in [3.63, 3.8) is 0 Å². The molecule has 0 fully saturated rings. The first-order chi connectivity index (χ1) is 9.69. The highest BCUT2D eigenvalue weighted by atomic mass is 35.5. The van der Waals surface area contributed by atoms with E-state index in [-0.39, 0.29) is 17.7 Å². The van der Waals surface area contributed by atoms with E-state index in [4.69, 9.17) is 16.3 Å². The molecular weight excluding hydrogens is 278 g/mol. The summed E-state index contributed by atoms with van der Waals surface area (Å²) in [5.74, 6) is 0.837. The average Bonchev–Trinajstić information content (AvgIpc) is 2.47. The van der Waals surface area contributed by atoms with E-state index in [9.17, 15) is 4.79 Å². The van der Waals surface area contributed by atoms with Crippen LogP contribution in [0.2, 0.25) is 5.28 Å². The van der Waals surface area contributed by atoms with E-state index in [1.807, 2.05) is 30.3 Å². The number of carbonyl (C=O) groups excluding carboxylic acids is 1. The van der Waals surface area contributed by atoms with Gasteiger partial charge in [-0.1, -0.05) is 30.3 Å². The second-order valence-electron chi connectivity index (χ2n) is 4.09. The van der Waals surface area contributed by atoms with Crippen LogP contribution in [0.5, 0.6) is 5.75 Å². The van der Waals surface area contributed by atoms with E-state index in [1.54, 1.807) is 7.05 Å². The summed E-state index contributed by atoms with van der Waals surface area (Å²) in [4.78, 5) is 19.6. The molecule has 5 nitrogen and oxygen atoms in total. The minimum absolute atomic E-state index is 0.0202. The third kappa shape index (κ3) is 3.93. The van der Waals surface area contributed by atoms with Crippen molar-refractivity contribution in [2.75, 3.05) is 19.0 Å². The molecule has 2 rings (SSSR count). The van der Waals surface area contributed by atoms with Crippen LogP contribution in [0.3, 0.4) is 0 Å². The molecular formula is C14H14ClN3O2. The highest BCUT2D eigenvalue weighted by Gasteiger charge is 2.09. The lowest BCUT2D eigenvalue weighted by Crippen LogP contribution is -2.14. The molecule has 1 aromatic heterocycles. The van der Waals surface area contributed by atoms with Crippen LogP contribution < -0.4 is 10.1 Å². The number of nitrogens with zero attached hydrogens (tertiary/aromatic N) is 2. The van der Waals surface area contributed by atoms with Gasteiger partial charge in [-0.2, -0.15) is 4.98 Å². The molecule has 0 bridgehead atoms. The maximum absolute atomic E-state index is 11.8. The standard InChI is InChI=1S/C14H14ClN3O2/c1-16-13-12(8-17-14(15)18-13)20-9-11(19)7-10-5-3-2-4-6-10/h2-6,8H,7,9H2,1H3,(H,16,17,18). The van der Waals surface area contributed by atoms with Gasteiger partial charge in [0, 0.05) is 13.5 Å². The van der Waals surface area contributed by atoms with Crippen molar-refractivity contribution in [3.05, 3.63) is 47.4 Å². The minimum atomic E-state index is -0.0332. The number of benzene rings is 1. The Balaban J connectivity index is 1.93. The fraction of sp³-hybridized carbons (Fsp3) is 0.214. The number of aromatic nitrogens is 2. The lowest BCUT2D eigenvalue weighted by atomic mass is 10.1. The molecule has 20 heavy (non-hydrogen) atoms. The van der Waals surface area contributed by atoms with Gasteiger partial charge in [-0.05, 0) is 17.2 Å². The number of Topliss-reactive ketones (excluding diaryl/α,β-unsaturated/α-hetero) is 1. The Hall–Kier alpha value is -2.14. The summed E-state index contributed by atoms with van der Waals surface area (Å²) in [7, 11) is 1.69. The lowest BCUT2D eigenvalue weighted by molar-refractivity contribution is -0.120. The van der Waals surface area contributed by atoms with Gasteiger partial charge in [-0.25, -0.2) is 4.98 Å². The molecule has 0 amide bonds. The number of ether oxygens (including phenoxy) is 1. The molecule has 0 aliphatic heterocycles. The van der Waals surface area contributed by atoms with Crippen molar-refractivity contribution in [1.29, 1.82) is 0 Å². The smallest absolute Gasteiger partial charge is 0.224 e. The Morgan fingerprint density at radius 1 is 1.35 bits per heavy atom. The molecule has 0 aliphatic carbocycles. The molecule has 1 N–H and O–H groups in total. The van der Waals surface area contributed by atoms with Crippen LogP contribution in [0.1, 0.15) is 5.56 Å². The maximum atomic E-state index is 11.8. The average molecular weight is 292 g/mol. The van der Waals surface area contributed by atoms with Crippen LogP contribution in [-0.4, -0.2) is 29.4 Å². The Labute approximate surface area is 122 Å². The van der Waals surface area contributed by atoms with Crippen LogP contribution in [0.4, 0.5) is 5.82 Å². The summed E-state index contributed by atoms with van der Waals surface area (Å²) in [6.45, 7) is -0.0332. The van der Waals surface area contributed by atoms with Gasteiger partial charge in [-0.3, -0.25) is 4.79 Å². The molecule has 0 atom stereocenters. The quantitative estimate of drug-likeness (QED) is 0.828. The van der Waals surface area contributed by atoms with Gasteiger partial charge in [0.2, 0.25) is 5.28 Å². The second kappa shape index (κ2) is 6.86. The highest BCUT2D eigenvalue weighted by molar-refractivity contribution is 6.28. The topological polar surface area (TPSA) is 64.1 Å². The van der Waals surface area contributed by atoms with Crippen LogP contribution in [0.15, 0.2) is 36.5 Å². The number of hydrogen-bond acceptors (Lipinski definition) is 5. The number of ketones is 1. The van der Waals surface area contributed by atoms with Gasteiger partial charge in [-0.15, -0.1) is 0 Å². The summed E-state index contributed by atoms with van der Waals surface area (Å²) in [5, 5.41) is 2.96. The lowest BCUT2D eigenvalue weighted by Gasteiger charge is -2.09. The van der Waals surface area contributed by atoms with E-state index in [0.29, 0.717) is 18.0 Å². The van der Waals surface area contributed by atoms with Crippen molar-refractivity contribution in [2.45, 2.75) is 6.42 Å². The van der Waals surface area contributed by atoms with Gasteiger partial charge in [0.05, 0.1) is 6.20 Å². The number of halogens is 1. The Morgan fingerprint density at radius 3 is 2.80 bits per heavy atom. The predicted octanol–water partition coefficient (Wildman–Crippen LogP) is 2.36. The Bertz CT molecular complexity index is 590. The summed E-state index contributed by atoms with van der Waals surface area (Å²) >= 11 is 5.68. The first-order valence-corrected chi connectivity index (χ1v) is 6.45. The van der Waals surface area contributed by atoms with E-state index >= 15 is 0 Å². The molecule has 1 heterocycles. The predicted molar refractivity (Wildman–Crippen MR) is 77.2 cm³/mol. The third-order valence-corrected chi connectivity index (χ3v) is 2.78. The molecule has 2 aromatic rings. The largest absolute Gasteiger partial charge is 0.480 e. The van der Waals surface area contributed by atoms with Gasteiger partial charge < -0.3 is 10.1 Å². The molecule has 0 aliphatic rings. The van der Waals surface area contributed by atoms with Gasteiger partial charge in [0.25, 0.3) is 0 Å². The Morgan fingerprint density at radius 2 is 2.10 bits per heavy atom. The molecule has 0 saturated carbocycles. The Kier molecular flexibility index (Phi) is 4.90. The van der Waals surface area contributed by atoms with E-state index < -0.39 is 0 Å². The zero-order valence-corrected chi connectivity index (χ0v) is 11.7. The van der Waals surface area contributed by atoms with Crippen LogP contribution >= 0.6 is 11.6 Å². The molecule has 104 valence electrons. The van der Waals surface area contributed by atoms with Crippen molar-refractivity contribution in [3.8, 4) is 5.75 Å². The van der Waals surface area contributed by atoms with E-state index in [2.05, 4.69) is 15.3 Å². The molecule has 0 saturated heterocycles. The number of hydrogen-bond donors (Lipinski definition) is 1. The van der Waals surface area contributed by atoms with Crippen molar-refractivity contribution in [2.24, 2.45) is 0 Å². The zero-order chi connectivity index (χ0) is 14.4. The number of carbonyl (C=O) groups is 1. The molecule has 6 heteroatoms. The SMILES string of the molecule is CNc1nc(Cl)ncc1OCC(=O)Cc1ccccc1. The summed E-state index contributed by atoms with van der Waals surface area (Å²) in [6, 6.07) is 9.52. The number of anilines is 1. The summed E-state index contributed by atoms with van der Waals surface area (Å²) < 4.78 is 5.42. The van der Waals surface area contributed by atoms with Gasteiger partial charge >= 0.3 is 0 Å². The maximum Gasteiger partial charge on any atom is 0.224 e. The van der Waals surface area contributed by atoms with Gasteiger partial charge in [0.15, 0.2) is 17.4 Å². The first-order valence-electron chi connectivity index (χ1n) is 6.07. The zero-order valence-electron chi connectivity index (χ0n) is 11.0. The van der Waals surface area contributed by atoms with Gasteiger partial charge in [0.1, 0.15) is 6.61 Å². The molecule has 0 unspecified atom stereocenters. The van der Waals surface area contributed by atoms with Crippen molar-refractivity contribution >= 4 is 23.2 Å². The van der Waals surface area contributed by atoms with Crippen LogP contribution in [-0.2, 0) is 11.2 Å². The van der Waals surface area contributed by atoms with Crippen molar-refractivity contribution < 1.29 is 9.53 Å². The number of rotatable bonds is 6. The second-order valence-corrected chi connectivity index (χ2v) is 4.43. The molecule has 0 radical (unpaired) electrons. The minimum Gasteiger partial charge on any atom is -0.480 e.